The third-order valence-corrected chi connectivity index (χ3v) is 9.24. The van der Waals surface area contributed by atoms with E-state index in [9.17, 15) is 4.79 Å². The van der Waals surface area contributed by atoms with Crippen LogP contribution in [0.1, 0.15) is 46.5 Å². The molecule has 4 aliphatic rings. The fourth-order valence-corrected chi connectivity index (χ4v) is 8.41. The van der Waals surface area contributed by atoms with Crippen LogP contribution in [0.2, 0.25) is 19.6 Å². The fourth-order valence-electron chi connectivity index (χ4n) is 6.72. The molecule has 0 bridgehead atoms. The molecule has 142 valence electrons. The highest BCUT2D eigenvalue weighted by molar-refractivity contribution is 6.69. The molecule has 0 aliphatic heterocycles. The Kier molecular flexibility index (Phi) is 3.93. The van der Waals surface area contributed by atoms with Gasteiger partial charge in [0.25, 0.3) is 0 Å². The maximum absolute atomic E-state index is 11.9. The van der Waals surface area contributed by atoms with Crippen molar-refractivity contribution in [2.45, 2.75) is 71.7 Å². The Morgan fingerprint density at radius 1 is 1.04 bits per heavy atom. The lowest BCUT2D eigenvalue weighted by Crippen LogP contribution is -2.55. The Labute approximate surface area is 159 Å². The van der Waals surface area contributed by atoms with Crippen LogP contribution in [0.25, 0.3) is 0 Å². The van der Waals surface area contributed by atoms with Crippen LogP contribution < -0.4 is 0 Å². The van der Waals surface area contributed by atoms with E-state index in [1.165, 1.54) is 31.3 Å². The molecule has 3 heteroatoms. The van der Waals surface area contributed by atoms with Crippen molar-refractivity contribution < 1.29 is 9.22 Å². The van der Waals surface area contributed by atoms with Crippen LogP contribution in [0.3, 0.4) is 0 Å². The molecular weight excluding hydrogens is 336 g/mol. The molecule has 0 spiro atoms. The number of hydrogen-bond donors (Lipinski definition) is 0. The predicted molar refractivity (Wildman–Crippen MR) is 109 cm³/mol. The maximum atomic E-state index is 11.9. The van der Waals surface area contributed by atoms with Gasteiger partial charge < -0.3 is 4.43 Å². The Morgan fingerprint density at radius 2 is 1.73 bits per heavy atom. The second kappa shape index (κ2) is 5.54. The van der Waals surface area contributed by atoms with E-state index < -0.39 is 8.32 Å². The molecule has 0 amide bonds. The molecule has 4 rings (SSSR count). The summed E-state index contributed by atoms with van der Waals surface area (Å²) in [6.07, 6.45) is 15.4. The molecule has 2 nitrogen and oxygen atoms in total. The van der Waals surface area contributed by atoms with Crippen molar-refractivity contribution in [3.05, 3.63) is 36.0 Å². The lowest BCUT2D eigenvalue weighted by Gasteiger charge is -2.57. The van der Waals surface area contributed by atoms with Gasteiger partial charge in [0, 0.05) is 5.41 Å². The highest BCUT2D eigenvalue weighted by atomic mass is 28.4. The highest BCUT2D eigenvalue weighted by Crippen LogP contribution is 2.66. The number of carbonyl (C=O) groups excluding carboxylic acids is 1. The summed E-state index contributed by atoms with van der Waals surface area (Å²) in [7, 11) is -1.59. The fraction of sp³-hybridized carbons (Fsp3) is 0.696. The molecule has 4 aliphatic carbocycles. The van der Waals surface area contributed by atoms with Crippen LogP contribution in [0.5, 0.6) is 0 Å². The normalized spacial score (nSPS) is 47.2. The van der Waals surface area contributed by atoms with Gasteiger partial charge in [-0.15, -0.1) is 0 Å². The van der Waals surface area contributed by atoms with Crippen LogP contribution in [-0.4, -0.2) is 19.7 Å². The van der Waals surface area contributed by atoms with Gasteiger partial charge in [0.1, 0.15) is 0 Å². The molecule has 0 radical (unpaired) electrons. The highest BCUT2D eigenvalue weighted by Gasteiger charge is 2.62. The largest absolute Gasteiger partial charge is 0.412 e. The number of allylic oxidation sites excluding steroid dienone is 6. The first kappa shape index (κ1) is 18.4. The molecule has 0 aromatic heterocycles. The molecule has 26 heavy (non-hydrogen) atoms. The molecule has 0 aromatic carbocycles. The van der Waals surface area contributed by atoms with Gasteiger partial charge in [-0.25, -0.2) is 0 Å². The van der Waals surface area contributed by atoms with Gasteiger partial charge in [0.05, 0.1) is 5.60 Å². The third-order valence-electron chi connectivity index (χ3n) is 8.18. The van der Waals surface area contributed by atoms with Gasteiger partial charge in [0.2, 0.25) is 0 Å². The predicted octanol–water partition coefficient (Wildman–Crippen LogP) is 5.68. The summed E-state index contributed by atoms with van der Waals surface area (Å²) in [4.78, 5) is 11.9. The van der Waals surface area contributed by atoms with Gasteiger partial charge in [0.15, 0.2) is 14.1 Å². The van der Waals surface area contributed by atoms with Crippen molar-refractivity contribution in [3.63, 3.8) is 0 Å². The average Bonchev–Trinajstić information content (AvgIpc) is 2.77. The van der Waals surface area contributed by atoms with Gasteiger partial charge in [-0.3, -0.25) is 4.79 Å². The number of hydrogen-bond acceptors (Lipinski definition) is 2. The Hall–Kier alpha value is -0.933. The van der Waals surface area contributed by atoms with Crippen LogP contribution >= 0.6 is 0 Å². The summed E-state index contributed by atoms with van der Waals surface area (Å²) in [6, 6.07) is 0. The van der Waals surface area contributed by atoms with E-state index in [0.29, 0.717) is 17.8 Å². The average molecular weight is 371 g/mol. The molecule has 0 N–H and O–H groups in total. The van der Waals surface area contributed by atoms with Crippen LogP contribution in [0.4, 0.5) is 0 Å². The molecule has 0 aromatic rings. The van der Waals surface area contributed by atoms with Gasteiger partial charge >= 0.3 is 0 Å². The topological polar surface area (TPSA) is 26.3 Å². The van der Waals surface area contributed by atoms with Crippen LogP contribution in [0.15, 0.2) is 36.0 Å². The summed E-state index contributed by atoms with van der Waals surface area (Å²) in [6.45, 7) is 14.2. The van der Waals surface area contributed by atoms with E-state index in [1.807, 2.05) is 6.08 Å². The molecule has 2 saturated carbocycles. The van der Waals surface area contributed by atoms with E-state index in [0.717, 1.165) is 0 Å². The summed E-state index contributed by atoms with van der Waals surface area (Å²) in [5.74, 6) is 2.03. The Balaban J connectivity index is 1.70. The molecule has 6 atom stereocenters. The van der Waals surface area contributed by atoms with E-state index in [4.69, 9.17) is 4.43 Å². The van der Waals surface area contributed by atoms with Gasteiger partial charge in [-0.1, -0.05) is 32.1 Å². The van der Waals surface area contributed by atoms with Crippen molar-refractivity contribution in [1.29, 1.82) is 0 Å². The maximum Gasteiger partial charge on any atom is 0.184 e. The van der Waals surface area contributed by atoms with Crippen LogP contribution in [-0.2, 0) is 9.22 Å². The minimum absolute atomic E-state index is 0.0103. The molecule has 0 unspecified atom stereocenters. The first-order valence-electron chi connectivity index (χ1n) is 10.3. The van der Waals surface area contributed by atoms with Crippen molar-refractivity contribution in [1.82, 2.24) is 0 Å². The quantitative estimate of drug-likeness (QED) is 0.584. The van der Waals surface area contributed by atoms with Gasteiger partial charge in [-0.05, 0) is 93.1 Å². The van der Waals surface area contributed by atoms with Crippen molar-refractivity contribution in [2.24, 2.45) is 28.6 Å². The minimum Gasteiger partial charge on any atom is -0.412 e. The zero-order valence-electron chi connectivity index (χ0n) is 17.3. The van der Waals surface area contributed by atoms with Gasteiger partial charge in [-0.2, -0.15) is 0 Å². The molecule has 0 heterocycles. The zero-order chi connectivity index (χ0) is 19.0. The lowest BCUT2D eigenvalue weighted by molar-refractivity contribution is -0.111. The first-order chi connectivity index (χ1) is 12.0. The van der Waals surface area contributed by atoms with Crippen LogP contribution in [0, 0.1) is 28.6 Å². The smallest absolute Gasteiger partial charge is 0.184 e. The van der Waals surface area contributed by atoms with Crippen molar-refractivity contribution in [2.75, 3.05) is 0 Å². The lowest BCUT2D eigenvalue weighted by atomic mass is 9.49. The second-order valence-electron chi connectivity index (χ2n) is 10.7. The molecule has 2 fully saturated rings. The Morgan fingerprint density at radius 3 is 2.42 bits per heavy atom. The zero-order valence-corrected chi connectivity index (χ0v) is 18.3. The number of rotatable bonds is 2. The SMILES string of the molecule is C[C@]12C=CC(=O)C=C1C=C[C@@H]1[C@@H]2CC[C@@]2(C)[C@H]1CC[C@]2(C)O[Si](C)(C)C. The summed E-state index contributed by atoms with van der Waals surface area (Å²) >= 11 is 0. The number of fused-ring (bicyclic) bond motifs is 5. The monoisotopic (exact) mass is 370 g/mol. The third kappa shape index (κ3) is 2.50. The van der Waals surface area contributed by atoms with Crippen molar-refractivity contribution >= 4 is 14.1 Å². The molecule has 0 saturated heterocycles. The minimum atomic E-state index is -1.59. The summed E-state index contributed by atoms with van der Waals surface area (Å²) < 4.78 is 6.83. The second-order valence-corrected chi connectivity index (χ2v) is 15.1. The first-order valence-corrected chi connectivity index (χ1v) is 13.7. The van der Waals surface area contributed by atoms with E-state index >= 15 is 0 Å². The molecular formula is C23H34O2Si. The summed E-state index contributed by atoms with van der Waals surface area (Å²) in [5, 5.41) is 0. The Bertz CT molecular complexity index is 727. The standard InChI is InChI=1S/C23H34O2Si/c1-21-12-9-17(24)15-16(21)7-8-18-19(21)10-13-22(2)20(18)11-14-23(22,3)25-26(4,5)6/h7-9,12,15,18-20H,10-11,13-14H2,1-6H3/t18-,19+,20+,21+,22+,23+/m1/s1. The number of ketones is 1. The summed E-state index contributed by atoms with van der Waals surface area (Å²) in [5.41, 5.74) is 1.50. The van der Waals surface area contributed by atoms with Crippen molar-refractivity contribution in [3.8, 4) is 0 Å². The van der Waals surface area contributed by atoms with E-state index in [1.54, 1.807) is 6.08 Å². The van der Waals surface area contributed by atoms with E-state index in [-0.39, 0.29) is 22.2 Å². The number of carbonyl (C=O) groups is 1. The van der Waals surface area contributed by atoms with E-state index in [2.05, 4.69) is 58.6 Å².